The highest BCUT2D eigenvalue weighted by molar-refractivity contribution is 6.18. The summed E-state index contributed by atoms with van der Waals surface area (Å²) in [6.45, 7) is 2.01. The van der Waals surface area contributed by atoms with E-state index in [-0.39, 0.29) is 0 Å². The lowest BCUT2D eigenvalue weighted by atomic mass is 9.88. The summed E-state index contributed by atoms with van der Waals surface area (Å²) >= 11 is 0. The number of fused-ring (bicyclic) bond motifs is 6. The minimum Gasteiger partial charge on any atom is -0.456 e. The Kier molecular flexibility index (Phi) is 3.53. The normalized spacial score (nSPS) is 13.7. The number of allylic oxidation sites excluding steroid dienone is 1. The van der Waals surface area contributed by atoms with Crippen molar-refractivity contribution < 1.29 is 4.42 Å². The molecule has 0 unspecified atom stereocenters. The Bertz CT molecular complexity index is 1610. The second kappa shape index (κ2) is 6.44. The monoisotopic (exact) mass is 416 g/mol. The zero-order valence-electron chi connectivity index (χ0n) is 17.6. The first-order valence-corrected chi connectivity index (χ1v) is 10.9. The number of aryl methyl sites for hydroxylation is 2. The highest BCUT2D eigenvalue weighted by Crippen LogP contribution is 2.44. The van der Waals surface area contributed by atoms with Crippen LogP contribution in [0, 0.1) is 6.92 Å². The van der Waals surface area contributed by atoms with Crippen LogP contribution in [-0.4, -0.2) is 19.9 Å². The molecule has 0 saturated heterocycles. The fourth-order valence-electron chi connectivity index (χ4n) is 5.05. The number of nitrogens with zero attached hydrogens (tertiary/aromatic N) is 2. The van der Waals surface area contributed by atoms with Gasteiger partial charge in [-0.15, -0.1) is 0 Å². The van der Waals surface area contributed by atoms with Gasteiger partial charge in [0.1, 0.15) is 17.0 Å². The van der Waals surface area contributed by atoms with Gasteiger partial charge in [-0.1, -0.05) is 36.4 Å². The van der Waals surface area contributed by atoms with E-state index in [1.54, 1.807) is 6.33 Å². The quantitative estimate of drug-likeness (QED) is 0.341. The van der Waals surface area contributed by atoms with Crippen LogP contribution in [0.4, 0.5) is 0 Å². The van der Waals surface area contributed by atoms with Gasteiger partial charge in [-0.3, -0.25) is 0 Å². The second-order valence-electron chi connectivity index (χ2n) is 8.47. The van der Waals surface area contributed by atoms with E-state index in [4.69, 9.17) is 4.42 Å². The number of furan rings is 2. The number of H-pyrrole nitrogens is 2. The van der Waals surface area contributed by atoms with E-state index in [0.717, 1.165) is 46.8 Å². The fraction of sp³-hybridized carbons (Fsp3) is 0.111. The number of rotatable bonds is 3. The molecular weight excluding hydrogens is 396 g/mol. The molecule has 2 bridgehead atoms. The van der Waals surface area contributed by atoms with Crippen LogP contribution >= 0.6 is 0 Å². The van der Waals surface area contributed by atoms with Crippen LogP contribution < -0.4 is 0 Å². The lowest BCUT2D eigenvalue weighted by molar-refractivity contribution is 0.679. The zero-order chi connectivity index (χ0) is 21.2. The zero-order valence-corrected chi connectivity index (χ0v) is 17.6. The molecule has 154 valence electrons. The number of nitrogens with one attached hydrogen (secondary N) is 2. The predicted octanol–water partition coefficient (Wildman–Crippen LogP) is 6.60. The molecule has 0 atom stereocenters. The van der Waals surface area contributed by atoms with Gasteiger partial charge in [0.15, 0.2) is 0 Å². The minimum absolute atomic E-state index is 0.942. The molecular formula is C27H20N4O. The molecule has 32 heavy (non-hydrogen) atoms. The predicted molar refractivity (Wildman–Crippen MR) is 127 cm³/mol. The summed E-state index contributed by atoms with van der Waals surface area (Å²) in [7, 11) is 0. The van der Waals surface area contributed by atoms with Crippen molar-refractivity contribution in [3.63, 3.8) is 0 Å². The van der Waals surface area contributed by atoms with E-state index in [2.05, 4.69) is 74.5 Å². The van der Waals surface area contributed by atoms with Crippen LogP contribution in [-0.2, 0) is 6.42 Å². The summed E-state index contributed by atoms with van der Waals surface area (Å²) < 4.78 is 6.15. The number of hydrogen-bond donors (Lipinski definition) is 2. The Hall–Kier alpha value is -4.12. The summed E-state index contributed by atoms with van der Waals surface area (Å²) in [6.07, 6.45) is 7.76. The van der Waals surface area contributed by atoms with Crippen molar-refractivity contribution in [2.24, 2.45) is 0 Å². The molecule has 4 aromatic heterocycles. The summed E-state index contributed by atoms with van der Waals surface area (Å²) in [5.41, 5.74) is 11.3. The smallest absolute Gasteiger partial charge is 0.136 e. The maximum atomic E-state index is 6.15. The molecule has 0 fully saturated rings. The second-order valence-corrected chi connectivity index (χ2v) is 8.47. The van der Waals surface area contributed by atoms with E-state index >= 15 is 0 Å². The topological polar surface area (TPSA) is 70.5 Å². The van der Waals surface area contributed by atoms with Crippen molar-refractivity contribution in [1.29, 1.82) is 0 Å². The van der Waals surface area contributed by atoms with Crippen molar-refractivity contribution in [3.8, 4) is 22.4 Å². The van der Waals surface area contributed by atoms with Gasteiger partial charge in [0, 0.05) is 16.5 Å². The molecule has 0 spiro atoms. The number of hydrogen-bond acceptors (Lipinski definition) is 3. The molecule has 0 saturated carbocycles. The minimum atomic E-state index is 0.942. The van der Waals surface area contributed by atoms with Crippen LogP contribution in [0.1, 0.15) is 29.2 Å². The third kappa shape index (κ3) is 2.51. The van der Waals surface area contributed by atoms with Crippen LogP contribution in [0.3, 0.4) is 0 Å². The van der Waals surface area contributed by atoms with Crippen LogP contribution in [0.2, 0.25) is 0 Å². The number of aromatic amines is 2. The molecule has 6 aromatic rings. The van der Waals surface area contributed by atoms with Crippen molar-refractivity contribution >= 4 is 33.6 Å². The number of imidazole rings is 2. The Labute approximate surface area is 184 Å². The summed E-state index contributed by atoms with van der Waals surface area (Å²) in [5, 5.41) is 2.40. The van der Waals surface area contributed by atoms with Crippen LogP contribution in [0.5, 0.6) is 0 Å². The van der Waals surface area contributed by atoms with E-state index in [1.807, 2.05) is 13.1 Å². The summed E-state index contributed by atoms with van der Waals surface area (Å²) in [5.74, 6) is 0.974. The average Bonchev–Trinajstić information content (AvgIpc) is 3.62. The Morgan fingerprint density at radius 2 is 1.59 bits per heavy atom. The third-order valence-corrected chi connectivity index (χ3v) is 6.54. The van der Waals surface area contributed by atoms with Crippen LogP contribution in [0.25, 0.3) is 56.0 Å². The Morgan fingerprint density at radius 1 is 0.844 bits per heavy atom. The first-order valence-electron chi connectivity index (χ1n) is 10.9. The number of aromatic nitrogens is 4. The van der Waals surface area contributed by atoms with E-state index in [1.165, 1.54) is 38.7 Å². The molecule has 2 N–H and O–H groups in total. The molecule has 1 aliphatic carbocycles. The van der Waals surface area contributed by atoms with Gasteiger partial charge < -0.3 is 14.4 Å². The fourth-order valence-corrected chi connectivity index (χ4v) is 5.05. The van der Waals surface area contributed by atoms with Gasteiger partial charge in [-0.05, 0) is 65.8 Å². The first kappa shape index (κ1) is 17.5. The molecule has 0 amide bonds. The molecule has 5 nitrogen and oxygen atoms in total. The lowest BCUT2D eigenvalue weighted by Crippen LogP contribution is -1.99. The van der Waals surface area contributed by atoms with Crippen molar-refractivity contribution in [3.05, 3.63) is 83.8 Å². The van der Waals surface area contributed by atoms with E-state index < -0.39 is 0 Å². The molecule has 2 aromatic carbocycles. The van der Waals surface area contributed by atoms with E-state index in [0.29, 0.717) is 0 Å². The van der Waals surface area contributed by atoms with E-state index in [9.17, 15) is 0 Å². The molecule has 7 rings (SSSR count). The number of benzene rings is 3. The van der Waals surface area contributed by atoms with Gasteiger partial charge in [0.2, 0.25) is 0 Å². The van der Waals surface area contributed by atoms with Gasteiger partial charge in [-0.25, -0.2) is 9.97 Å². The maximum absolute atomic E-state index is 6.15. The standard InChI is InChI=1S/C27H20N4O/c1-15-30-21-9-6-18(12-22(21)31-15)20-8-7-19(26-24-10-11-25(32-24)27(20)26)16-2-4-17(5-3-16)23-13-28-14-29-23/h2-5,7-8,10-14H,6,9H2,1H3,(H,28,29)(H,30,31). The molecule has 5 heteroatoms. The molecule has 0 radical (unpaired) electrons. The SMILES string of the molecule is Cc1nc2c([nH]1)CCC(c1ccc(-c3ccc(-c4cnc[nH]4)cc3)c3c4ccc(o4)c13)=C2. The largest absolute Gasteiger partial charge is 0.456 e. The molecule has 1 aliphatic rings. The highest BCUT2D eigenvalue weighted by Gasteiger charge is 2.22. The Balaban J connectivity index is 1.39. The van der Waals surface area contributed by atoms with Crippen LogP contribution in [0.15, 0.2) is 65.5 Å². The first-order chi connectivity index (χ1) is 15.7. The summed E-state index contributed by atoms with van der Waals surface area (Å²) in [6, 6.07) is 17.3. The van der Waals surface area contributed by atoms with Crippen molar-refractivity contribution in [1.82, 2.24) is 19.9 Å². The maximum Gasteiger partial charge on any atom is 0.136 e. The van der Waals surface area contributed by atoms with Gasteiger partial charge in [0.05, 0.1) is 23.9 Å². The molecule has 0 aliphatic heterocycles. The molecule has 4 heterocycles. The average molecular weight is 416 g/mol. The third-order valence-electron chi connectivity index (χ3n) is 6.54. The Morgan fingerprint density at radius 3 is 2.38 bits per heavy atom. The summed E-state index contributed by atoms with van der Waals surface area (Å²) in [4.78, 5) is 15.3. The van der Waals surface area contributed by atoms with Crippen molar-refractivity contribution in [2.75, 3.05) is 0 Å². The van der Waals surface area contributed by atoms with Gasteiger partial charge in [0.25, 0.3) is 0 Å². The van der Waals surface area contributed by atoms with Gasteiger partial charge in [-0.2, -0.15) is 0 Å². The highest BCUT2D eigenvalue weighted by atomic mass is 16.3. The van der Waals surface area contributed by atoms with Gasteiger partial charge >= 0.3 is 0 Å². The van der Waals surface area contributed by atoms with Crippen molar-refractivity contribution in [2.45, 2.75) is 19.8 Å². The lowest BCUT2D eigenvalue weighted by Gasteiger charge is -2.16.